The smallest absolute Gasteiger partial charge is 0.236 e. The summed E-state index contributed by atoms with van der Waals surface area (Å²) >= 11 is 0. The Morgan fingerprint density at radius 2 is 2.13 bits per heavy atom. The van der Waals surface area contributed by atoms with Gasteiger partial charge >= 0.3 is 0 Å². The van der Waals surface area contributed by atoms with E-state index in [4.69, 9.17) is 0 Å². The molecule has 1 heterocycles. The van der Waals surface area contributed by atoms with Gasteiger partial charge in [-0.2, -0.15) is 0 Å². The number of likely N-dealkylation sites (tertiary alicyclic amines) is 1. The van der Waals surface area contributed by atoms with E-state index < -0.39 is 0 Å². The van der Waals surface area contributed by atoms with Crippen molar-refractivity contribution >= 4 is 5.91 Å². The van der Waals surface area contributed by atoms with Gasteiger partial charge in [0.25, 0.3) is 0 Å². The second-order valence-corrected chi connectivity index (χ2v) is 5.47. The van der Waals surface area contributed by atoms with Crippen molar-refractivity contribution in [3.8, 4) is 0 Å². The molecule has 1 saturated heterocycles. The van der Waals surface area contributed by atoms with Crippen LogP contribution in [0.4, 0.5) is 0 Å². The highest BCUT2D eigenvalue weighted by Gasteiger charge is 2.33. The third kappa shape index (κ3) is 3.49. The van der Waals surface area contributed by atoms with Gasteiger partial charge in [-0.3, -0.25) is 4.79 Å². The van der Waals surface area contributed by atoms with Gasteiger partial charge in [0.1, 0.15) is 0 Å². The maximum atomic E-state index is 11.7. The average Bonchev–Trinajstić information content (AvgIpc) is 2.62. The molecule has 1 aliphatic heterocycles. The van der Waals surface area contributed by atoms with Crippen molar-refractivity contribution in [1.82, 2.24) is 10.2 Å². The minimum absolute atomic E-state index is 0.253. The topological polar surface area (TPSA) is 32.3 Å². The summed E-state index contributed by atoms with van der Waals surface area (Å²) in [6, 6.07) is 0. The zero-order valence-electron chi connectivity index (χ0n) is 10.5. The van der Waals surface area contributed by atoms with E-state index in [0.717, 1.165) is 26.1 Å². The summed E-state index contributed by atoms with van der Waals surface area (Å²) in [5.74, 6) is 0.909. The molecule has 1 amide bonds. The first-order valence-corrected chi connectivity index (χ1v) is 5.93. The maximum Gasteiger partial charge on any atom is 0.236 e. The highest BCUT2D eigenvalue weighted by molar-refractivity contribution is 5.78. The molecule has 3 nitrogen and oxygen atoms in total. The first kappa shape index (κ1) is 12.5. The highest BCUT2D eigenvalue weighted by atomic mass is 16.2. The SMILES string of the molecule is CCNCC(=O)N1CCC(C(C)(C)C)C1. The summed E-state index contributed by atoms with van der Waals surface area (Å²) in [6.45, 7) is 12.0. The standard InChI is InChI=1S/C12H24N2O/c1-5-13-8-11(15)14-7-6-10(9-14)12(2,3)4/h10,13H,5-9H2,1-4H3. The number of amides is 1. The Hall–Kier alpha value is -0.570. The average molecular weight is 212 g/mol. The summed E-state index contributed by atoms with van der Waals surface area (Å²) < 4.78 is 0. The minimum Gasteiger partial charge on any atom is -0.341 e. The normalized spacial score (nSPS) is 22.1. The quantitative estimate of drug-likeness (QED) is 0.768. The molecular formula is C12H24N2O. The van der Waals surface area contributed by atoms with E-state index in [0.29, 0.717) is 17.9 Å². The molecule has 1 unspecified atom stereocenters. The molecule has 0 spiro atoms. The lowest BCUT2D eigenvalue weighted by molar-refractivity contribution is -0.129. The molecule has 0 aromatic carbocycles. The Morgan fingerprint density at radius 1 is 1.47 bits per heavy atom. The third-order valence-corrected chi connectivity index (χ3v) is 3.29. The van der Waals surface area contributed by atoms with Crippen LogP contribution >= 0.6 is 0 Å². The second kappa shape index (κ2) is 4.97. The molecule has 1 rings (SSSR count). The number of hydrogen-bond donors (Lipinski definition) is 1. The fourth-order valence-electron chi connectivity index (χ4n) is 2.04. The van der Waals surface area contributed by atoms with Gasteiger partial charge in [0, 0.05) is 13.1 Å². The Morgan fingerprint density at radius 3 is 2.60 bits per heavy atom. The van der Waals surface area contributed by atoms with Crippen molar-refractivity contribution in [3.05, 3.63) is 0 Å². The van der Waals surface area contributed by atoms with E-state index in [1.807, 2.05) is 11.8 Å². The Labute approximate surface area is 93.2 Å². The van der Waals surface area contributed by atoms with Gasteiger partial charge in [0.05, 0.1) is 6.54 Å². The lowest BCUT2D eigenvalue weighted by atomic mass is 9.80. The van der Waals surface area contributed by atoms with Crippen LogP contribution in [0.5, 0.6) is 0 Å². The predicted molar refractivity (Wildman–Crippen MR) is 62.7 cm³/mol. The van der Waals surface area contributed by atoms with E-state index in [1.54, 1.807) is 0 Å². The van der Waals surface area contributed by atoms with Gasteiger partial charge in [-0.05, 0) is 24.3 Å². The zero-order valence-corrected chi connectivity index (χ0v) is 10.5. The Bertz CT molecular complexity index is 220. The molecule has 1 N–H and O–H groups in total. The van der Waals surface area contributed by atoms with Gasteiger partial charge in [-0.25, -0.2) is 0 Å². The van der Waals surface area contributed by atoms with E-state index in [2.05, 4.69) is 26.1 Å². The number of carbonyl (C=O) groups excluding carboxylic acids is 1. The van der Waals surface area contributed by atoms with E-state index in [9.17, 15) is 4.79 Å². The molecule has 0 aliphatic carbocycles. The number of nitrogens with one attached hydrogen (secondary N) is 1. The summed E-state index contributed by atoms with van der Waals surface area (Å²) in [6.07, 6.45) is 1.15. The number of rotatable bonds is 3. The molecule has 0 radical (unpaired) electrons. The van der Waals surface area contributed by atoms with Crippen LogP contribution in [0.25, 0.3) is 0 Å². The molecule has 0 aromatic heterocycles. The van der Waals surface area contributed by atoms with Crippen molar-refractivity contribution in [2.75, 3.05) is 26.2 Å². The van der Waals surface area contributed by atoms with Crippen LogP contribution in [0.2, 0.25) is 0 Å². The van der Waals surface area contributed by atoms with Crippen LogP contribution in [-0.2, 0) is 4.79 Å². The van der Waals surface area contributed by atoms with Crippen molar-refractivity contribution in [1.29, 1.82) is 0 Å². The lowest BCUT2D eigenvalue weighted by Crippen LogP contribution is -2.37. The molecule has 88 valence electrons. The summed E-state index contributed by atoms with van der Waals surface area (Å²) in [7, 11) is 0. The Balaban J connectivity index is 2.39. The van der Waals surface area contributed by atoms with Crippen molar-refractivity contribution in [3.63, 3.8) is 0 Å². The molecule has 1 aliphatic rings. The van der Waals surface area contributed by atoms with E-state index in [-0.39, 0.29) is 5.91 Å². The lowest BCUT2D eigenvalue weighted by Gasteiger charge is -2.27. The molecular weight excluding hydrogens is 188 g/mol. The van der Waals surface area contributed by atoms with Crippen LogP contribution in [0.15, 0.2) is 0 Å². The molecule has 0 aromatic rings. The van der Waals surface area contributed by atoms with Crippen molar-refractivity contribution in [2.45, 2.75) is 34.1 Å². The van der Waals surface area contributed by atoms with Gasteiger partial charge < -0.3 is 10.2 Å². The Kier molecular flexibility index (Phi) is 4.14. The maximum absolute atomic E-state index is 11.7. The van der Waals surface area contributed by atoms with E-state index in [1.165, 1.54) is 0 Å². The van der Waals surface area contributed by atoms with Gasteiger partial charge in [-0.1, -0.05) is 27.7 Å². The molecule has 1 fully saturated rings. The van der Waals surface area contributed by atoms with Crippen molar-refractivity contribution < 1.29 is 4.79 Å². The minimum atomic E-state index is 0.253. The van der Waals surface area contributed by atoms with Gasteiger partial charge in [0.15, 0.2) is 0 Å². The number of likely N-dealkylation sites (N-methyl/N-ethyl adjacent to an activating group) is 1. The zero-order chi connectivity index (χ0) is 11.5. The third-order valence-electron chi connectivity index (χ3n) is 3.29. The fourth-order valence-corrected chi connectivity index (χ4v) is 2.04. The van der Waals surface area contributed by atoms with Gasteiger partial charge in [-0.15, -0.1) is 0 Å². The molecule has 15 heavy (non-hydrogen) atoms. The largest absolute Gasteiger partial charge is 0.341 e. The van der Waals surface area contributed by atoms with Crippen molar-refractivity contribution in [2.24, 2.45) is 11.3 Å². The van der Waals surface area contributed by atoms with Crippen LogP contribution in [-0.4, -0.2) is 37.0 Å². The number of carbonyl (C=O) groups is 1. The van der Waals surface area contributed by atoms with Crippen LogP contribution in [0.1, 0.15) is 34.1 Å². The fraction of sp³-hybridized carbons (Fsp3) is 0.917. The monoisotopic (exact) mass is 212 g/mol. The number of hydrogen-bond acceptors (Lipinski definition) is 2. The summed E-state index contributed by atoms with van der Waals surface area (Å²) in [4.78, 5) is 13.7. The summed E-state index contributed by atoms with van der Waals surface area (Å²) in [5, 5.41) is 3.09. The van der Waals surface area contributed by atoms with Gasteiger partial charge in [0.2, 0.25) is 5.91 Å². The van der Waals surface area contributed by atoms with Crippen LogP contribution in [0, 0.1) is 11.3 Å². The van der Waals surface area contributed by atoms with Crippen LogP contribution in [0.3, 0.4) is 0 Å². The first-order valence-electron chi connectivity index (χ1n) is 5.93. The number of nitrogens with zero attached hydrogens (tertiary/aromatic N) is 1. The summed E-state index contributed by atoms with van der Waals surface area (Å²) in [5.41, 5.74) is 0.327. The molecule has 0 saturated carbocycles. The first-order chi connectivity index (χ1) is 6.95. The highest BCUT2D eigenvalue weighted by Crippen LogP contribution is 2.33. The molecule has 0 bridgehead atoms. The second-order valence-electron chi connectivity index (χ2n) is 5.47. The predicted octanol–water partition coefficient (Wildman–Crippen LogP) is 1.49. The molecule has 3 heteroatoms. The molecule has 1 atom stereocenters. The van der Waals surface area contributed by atoms with E-state index >= 15 is 0 Å². The van der Waals surface area contributed by atoms with Crippen LogP contribution < -0.4 is 5.32 Å².